The minimum absolute atomic E-state index is 0.0126. The number of anilines is 2. The van der Waals surface area contributed by atoms with Gasteiger partial charge < -0.3 is 21.6 Å². The number of nitrogen functional groups attached to an aromatic ring is 1. The number of aryl methyl sites for hydroxylation is 3. The lowest BCUT2D eigenvalue weighted by atomic mass is 9.94. The second-order valence-electron chi connectivity index (χ2n) is 8.41. The van der Waals surface area contributed by atoms with Crippen LogP contribution in [0.1, 0.15) is 37.7 Å². The third-order valence-electron chi connectivity index (χ3n) is 5.84. The predicted octanol–water partition coefficient (Wildman–Crippen LogP) is 4.57. The van der Waals surface area contributed by atoms with Crippen LogP contribution in [-0.4, -0.2) is 33.8 Å². The zero-order valence-corrected chi connectivity index (χ0v) is 20.0. The van der Waals surface area contributed by atoms with Gasteiger partial charge in [0.2, 0.25) is 0 Å². The molecule has 0 saturated carbocycles. The molecule has 4 rings (SSSR count). The molecule has 35 heavy (non-hydrogen) atoms. The maximum Gasteiger partial charge on any atom is 0.277 e. The SMILES string of the molecule is CNC(=O)c1cccc(NC(=O)c2c(C)nc(-c3cc(N)cc(-c4c(C)cccc4C)c3)n2O)c1. The number of imidazole rings is 1. The van der Waals surface area contributed by atoms with Crippen LogP contribution < -0.4 is 16.4 Å². The van der Waals surface area contributed by atoms with Gasteiger partial charge in [-0.05, 0) is 79.4 Å². The molecule has 8 heteroatoms. The number of nitrogens with two attached hydrogens (primary N) is 1. The summed E-state index contributed by atoms with van der Waals surface area (Å²) >= 11 is 0. The lowest BCUT2D eigenvalue weighted by Gasteiger charge is -2.13. The number of benzene rings is 3. The van der Waals surface area contributed by atoms with Gasteiger partial charge in [0.25, 0.3) is 11.8 Å². The molecule has 4 aromatic rings. The highest BCUT2D eigenvalue weighted by Gasteiger charge is 2.23. The lowest BCUT2D eigenvalue weighted by molar-refractivity contribution is 0.0956. The number of carbonyl (C=O) groups is 2. The summed E-state index contributed by atoms with van der Waals surface area (Å²) in [7, 11) is 1.53. The Morgan fingerprint density at radius 2 is 1.57 bits per heavy atom. The fraction of sp³-hybridized carbons (Fsp3) is 0.148. The van der Waals surface area contributed by atoms with Crippen molar-refractivity contribution in [2.24, 2.45) is 0 Å². The topological polar surface area (TPSA) is 122 Å². The molecule has 3 aromatic carbocycles. The van der Waals surface area contributed by atoms with E-state index >= 15 is 0 Å². The molecule has 1 heterocycles. The molecule has 5 N–H and O–H groups in total. The molecule has 0 unspecified atom stereocenters. The minimum Gasteiger partial charge on any atom is -0.426 e. The van der Waals surface area contributed by atoms with Gasteiger partial charge in [0.1, 0.15) is 0 Å². The van der Waals surface area contributed by atoms with Crippen molar-refractivity contribution in [2.75, 3.05) is 18.1 Å². The van der Waals surface area contributed by atoms with E-state index in [1.54, 1.807) is 37.3 Å². The number of amides is 2. The molecular formula is C27H27N5O3. The zero-order chi connectivity index (χ0) is 25.3. The average molecular weight is 470 g/mol. The molecule has 178 valence electrons. The van der Waals surface area contributed by atoms with Gasteiger partial charge in [-0.2, -0.15) is 4.73 Å². The summed E-state index contributed by atoms with van der Waals surface area (Å²) in [5, 5.41) is 16.2. The highest BCUT2D eigenvalue weighted by molar-refractivity contribution is 6.05. The highest BCUT2D eigenvalue weighted by Crippen LogP contribution is 2.33. The monoisotopic (exact) mass is 469 g/mol. The molecule has 0 bridgehead atoms. The van der Waals surface area contributed by atoms with Gasteiger partial charge in [-0.15, -0.1) is 0 Å². The third-order valence-corrected chi connectivity index (χ3v) is 5.84. The van der Waals surface area contributed by atoms with Crippen LogP contribution in [0, 0.1) is 20.8 Å². The summed E-state index contributed by atoms with van der Waals surface area (Å²) in [6.07, 6.45) is 0. The van der Waals surface area contributed by atoms with E-state index in [1.807, 2.05) is 44.2 Å². The Morgan fingerprint density at radius 1 is 0.914 bits per heavy atom. The summed E-state index contributed by atoms with van der Waals surface area (Å²) in [5.74, 6) is -0.628. The maximum atomic E-state index is 13.0. The van der Waals surface area contributed by atoms with Crippen molar-refractivity contribution < 1.29 is 14.8 Å². The summed E-state index contributed by atoms with van der Waals surface area (Å²) in [6, 6.07) is 18.1. The van der Waals surface area contributed by atoms with E-state index in [0.29, 0.717) is 28.2 Å². The van der Waals surface area contributed by atoms with Gasteiger partial charge in [-0.25, -0.2) is 4.98 Å². The Bertz CT molecular complexity index is 1440. The number of hydrogen-bond acceptors (Lipinski definition) is 5. The highest BCUT2D eigenvalue weighted by atomic mass is 16.5. The normalized spacial score (nSPS) is 10.7. The first kappa shape index (κ1) is 23.6. The molecular weight excluding hydrogens is 442 g/mol. The Kier molecular flexibility index (Phi) is 6.29. The van der Waals surface area contributed by atoms with E-state index in [4.69, 9.17) is 5.73 Å². The fourth-order valence-corrected chi connectivity index (χ4v) is 4.23. The molecule has 0 fully saturated rings. The van der Waals surface area contributed by atoms with E-state index in [0.717, 1.165) is 27.0 Å². The van der Waals surface area contributed by atoms with Crippen LogP contribution in [0.25, 0.3) is 22.5 Å². The summed E-state index contributed by atoms with van der Waals surface area (Å²) in [5.41, 5.74) is 12.6. The number of rotatable bonds is 5. The van der Waals surface area contributed by atoms with Crippen molar-refractivity contribution in [3.05, 3.63) is 88.7 Å². The molecule has 1 aromatic heterocycles. The number of nitrogens with one attached hydrogen (secondary N) is 2. The van der Waals surface area contributed by atoms with Crippen LogP contribution in [0.2, 0.25) is 0 Å². The molecule has 0 aliphatic rings. The minimum atomic E-state index is -0.559. The first-order valence-electron chi connectivity index (χ1n) is 11.1. The smallest absolute Gasteiger partial charge is 0.277 e. The van der Waals surface area contributed by atoms with Crippen LogP contribution >= 0.6 is 0 Å². The van der Waals surface area contributed by atoms with Crippen LogP contribution in [-0.2, 0) is 0 Å². The molecule has 0 radical (unpaired) electrons. The van der Waals surface area contributed by atoms with E-state index in [-0.39, 0.29) is 17.4 Å². The summed E-state index contributed by atoms with van der Waals surface area (Å²) < 4.78 is 0.774. The number of nitrogens with zero attached hydrogens (tertiary/aromatic N) is 2. The van der Waals surface area contributed by atoms with Crippen molar-refractivity contribution in [1.82, 2.24) is 15.0 Å². The Labute approximate surface area is 203 Å². The van der Waals surface area contributed by atoms with Gasteiger partial charge in [-0.3, -0.25) is 9.59 Å². The van der Waals surface area contributed by atoms with E-state index in [1.165, 1.54) is 7.05 Å². The molecule has 0 atom stereocenters. The number of aromatic nitrogens is 2. The standard InChI is InChI=1S/C27H27N5O3/c1-15-7-5-8-16(2)23(15)19-11-20(13-21(28)12-19)25-30-17(3)24(32(25)35)27(34)31-22-10-6-9-18(14-22)26(33)29-4/h5-14,35H,28H2,1-4H3,(H,29,33)(H,31,34). The average Bonchev–Trinajstić information content (AvgIpc) is 3.12. The van der Waals surface area contributed by atoms with Crippen LogP contribution in [0.15, 0.2) is 60.7 Å². The Hall–Kier alpha value is -4.59. The molecule has 0 aliphatic carbocycles. The van der Waals surface area contributed by atoms with Gasteiger partial charge in [0.15, 0.2) is 11.5 Å². The van der Waals surface area contributed by atoms with Gasteiger partial charge in [0.05, 0.1) is 5.69 Å². The quantitative estimate of drug-likeness (QED) is 0.252. The second-order valence-corrected chi connectivity index (χ2v) is 8.41. The van der Waals surface area contributed by atoms with E-state index < -0.39 is 5.91 Å². The van der Waals surface area contributed by atoms with Crippen molar-refractivity contribution >= 4 is 23.2 Å². The molecule has 0 saturated heterocycles. The molecule has 2 amide bonds. The summed E-state index contributed by atoms with van der Waals surface area (Å²) in [6.45, 7) is 5.71. The largest absolute Gasteiger partial charge is 0.426 e. The first-order chi connectivity index (χ1) is 16.7. The number of carbonyl (C=O) groups excluding carboxylic acids is 2. The third kappa shape index (κ3) is 4.59. The van der Waals surface area contributed by atoms with Gasteiger partial charge >= 0.3 is 0 Å². The van der Waals surface area contributed by atoms with Crippen LogP contribution in [0.3, 0.4) is 0 Å². The molecule has 0 spiro atoms. The fourth-order valence-electron chi connectivity index (χ4n) is 4.23. The van der Waals surface area contributed by atoms with Crippen molar-refractivity contribution in [3.8, 4) is 22.5 Å². The van der Waals surface area contributed by atoms with Crippen LogP contribution in [0.5, 0.6) is 0 Å². The summed E-state index contributed by atoms with van der Waals surface area (Å²) in [4.78, 5) is 29.4. The van der Waals surface area contributed by atoms with Crippen molar-refractivity contribution in [3.63, 3.8) is 0 Å². The lowest BCUT2D eigenvalue weighted by Crippen LogP contribution is -2.20. The van der Waals surface area contributed by atoms with Gasteiger partial charge in [0, 0.05) is 29.5 Å². The second kappa shape index (κ2) is 9.34. The zero-order valence-electron chi connectivity index (χ0n) is 20.0. The van der Waals surface area contributed by atoms with E-state index in [9.17, 15) is 14.8 Å². The maximum absolute atomic E-state index is 13.0. The van der Waals surface area contributed by atoms with Crippen LogP contribution in [0.4, 0.5) is 11.4 Å². The molecule has 8 nitrogen and oxygen atoms in total. The first-order valence-corrected chi connectivity index (χ1v) is 11.1. The number of hydrogen-bond donors (Lipinski definition) is 4. The van der Waals surface area contributed by atoms with E-state index in [2.05, 4.69) is 15.6 Å². The predicted molar refractivity (Wildman–Crippen MR) is 137 cm³/mol. The van der Waals surface area contributed by atoms with Crippen molar-refractivity contribution in [2.45, 2.75) is 20.8 Å². The van der Waals surface area contributed by atoms with Crippen molar-refractivity contribution in [1.29, 1.82) is 0 Å². The van der Waals surface area contributed by atoms with Gasteiger partial charge in [-0.1, -0.05) is 24.3 Å². The Morgan fingerprint density at radius 3 is 2.26 bits per heavy atom. The Balaban J connectivity index is 1.71. The molecule has 0 aliphatic heterocycles.